The number of nitrogens with zero attached hydrogens (tertiary/aromatic N) is 2. The smallest absolute Gasteiger partial charge is 0.433 e. The van der Waals surface area contributed by atoms with E-state index in [0.717, 1.165) is 12.8 Å². The van der Waals surface area contributed by atoms with E-state index in [1.54, 1.807) is 51.1 Å². The summed E-state index contributed by atoms with van der Waals surface area (Å²) < 4.78 is 21.4. The molecule has 2 atom stereocenters. The van der Waals surface area contributed by atoms with Gasteiger partial charge in [0.05, 0.1) is 10.8 Å². The molecule has 1 aromatic carbocycles. The van der Waals surface area contributed by atoms with Crippen LogP contribution in [0.15, 0.2) is 44.6 Å². The third-order valence-corrected chi connectivity index (χ3v) is 5.06. The predicted molar refractivity (Wildman–Crippen MR) is 100 cm³/mol. The first kappa shape index (κ1) is 20.3. The Morgan fingerprint density at radius 3 is 2.46 bits per heavy atom. The molecule has 1 aliphatic rings. The summed E-state index contributed by atoms with van der Waals surface area (Å²) in [6, 6.07) is 8.22. The van der Waals surface area contributed by atoms with Crippen molar-refractivity contribution >= 4 is 28.1 Å². The van der Waals surface area contributed by atoms with Crippen molar-refractivity contribution in [2.75, 3.05) is 0 Å². The average molecular weight is 379 g/mol. The number of rotatable bonds is 5. The molecule has 0 aromatic heterocycles. The molecule has 8 heteroatoms. The van der Waals surface area contributed by atoms with Crippen LogP contribution in [0, 0.1) is 11.8 Å². The second-order valence-corrected chi connectivity index (χ2v) is 9.15. The van der Waals surface area contributed by atoms with Crippen LogP contribution in [0.2, 0.25) is 0 Å². The van der Waals surface area contributed by atoms with Gasteiger partial charge in [-0.1, -0.05) is 31.0 Å². The number of hydrogen-bond donors (Lipinski definition) is 1. The van der Waals surface area contributed by atoms with Crippen molar-refractivity contribution in [3.63, 3.8) is 0 Å². The standard InChI is InChI=1S/C18H25N3O4S/c1-18(2,3)25-17(23)20-12-14(11-13-9-10-13)16(22)21-26(19,24)15-7-5-4-6-8-15/h4-8,12-14H,9-11H2,1-3H3,(H2,19,21,22,24)/b20-12+. The average Bonchev–Trinajstić information content (AvgIpc) is 3.34. The highest BCUT2D eigenvalue weighted by Gasteiger charge is 2.29. The van der Waals surface area contributed by atoms with Crippen LogP contribution in [-0.2, 0) is 19.4 Å². The van der Waals surface area contributed by atoms with E-state index >= 15 is 0 Å². The second-order valence-electron chi connectivity index (χ2n) is 7.36. The van der Waals surface area contributed by atoms with Gasteiger partial charge in [-0.3, -0.25) is 4.79 Å². The molecule has 0 saturated heterocycles. The van der Waals surface area contributed by atoms with Crippen LogP contribution in [0.4, 0.5) is 4.79 Å². The fourth-order valence-electron chi connectivity index (χ4n) is 2.25. The van der Waals surface area contributed by atoms with E-state index in [2.05, 4.69) is 9.36 Å². The largest absolute Gasteiger partial charge is 0.442 e. The summed E-state index contributed by atoms with van der Waals surface area (Å²) in [5.74, 6) is -1.00. The number of hydrogen-bond acceptors (Lipinski definition) is 4. The van der Waals surface area contributed by atoms with Gasteiger partial charge in [0.1, 0.15) is 15.5 Å². The molecule has 0 heterocycles. The maximum Gasteiger partial charge on any atom is 0.433 e. The van der Waals surface area contributed by atoms with E-state index in [0.29, 0.717) is 12.3 Å². The SMILES string of the molecule is CC(C)(C)OC(=O)/N=C/C(CC1CC1)C(=O)N=S(N)(=O)c1ccccc1. The molecule has 142 valence electrons. The van der Waals surface area contributed by atoms with Crippen LogP contribution in [0.1, 0.15) is 40.0 Å². The van der Waals surface area contributed by atoms with E-state index in [9.17, 15) is 13.8 Å². The van der Waals surface area contributed by atoms with Gasteiger partial charge in [-0.2, -0.15) is 4.99 Å². The Bertz CT molecular complexity index is 801. The highest BCUT2D eigenvalue weighted by molar-refractivity contribution is 7.91. The summed E-state index contributed by atoms with van der Waals surface area (Å²) in [4.78, 5) is 28.3. The van der Waals surface area contributed by atoms with Gasteiger partial charge in [0.25, 0.3) is 5.91 Å². The fourth-order valence-corrected chi connectivity index (χ4v) is 3.30. The van der Waals surface area contributed by atoms with Gasteiger partial charge in [0.2, 0.25) is 0 Å². The molecule has 0 spiro atoms. The van der Waals surface area contributed by atoms with Gasteiger partial charge in [0, 0.05) is 6.21 Å². The first-order valence-electron chi connectivity index (χ1n) is 8.48. The molecule has 2 N–H and O–H groups in total. The minimum atomic E-state index is -3.34. The Morgan fingerprint density at radius 1 is 1.31 bits per heavy atom. The fraction of sp³-hybridized carbons (Fsp3) is 0.500. The molecule has 0 aliphatic heterocycles. The maximum atomic E-state index is 12.6. The topological polar surface area (TPSA) is 111 Å². The number of ether oxygens (including phenoxy) is 1. The van der Waals surface area contributed by atoms with Crippen molar-refractivity contribution in [3.05, 3.63) is 30.3 Å². The molecular formula is C18H25N3O4S. The second kappa shape index (κ2) is 8.09. The van der Waals surface area contributed by atoms with Crippen LogP contribution in [0.5, 0.6) is 0 Å². The molecule has 0 bridgehead atoms. The molecule has 1 aromatic rings. The van der Waals surface area contributed by atoms with Crippen molar-refractivity contribution in [2.24, 2.45) is 26.3 Å². The van der Waals surface area contributed by atoms with Crippen LogP contribution < -0.4 is 5.14 Å². The molecule has 2 amide bonds. The van der Waals surface area contributed by atoms with E-state index in [-0.39, 0.29) is 4.90 Å². The zero-order chi connectivity index (χ0) is 19.4. The lowest BCUT2D eigenvalue weighted by molar-refractivity contribution is -0.119. The van der Waals surface area contributed by atoms with Gasteiger partial charge in [0.15, 0.2) is 0 Å². The van der Waals surface area contributed by atoms with Crippen molar-refractivity contribution < 1.29 is 18.5 Å². The first-order chi connectivity index (χ1) is 12.1. The molecule has 1 aliphatic carbocycles. The van der Waals surface area contributed by atoms with Crippen LogP contribution in [-0.4, -0.2) is 28.0 Å². The minimum absolute atomic E-state index is 0.280. The number of amides is 2. The third-order valence-electron chi connectivity index (χ3n) is 3.66. The molecular weight excluding hydrogens is 354 g/mol. The number of aliphatic imine (C=N–C) groups is 1. The van der Waals surface area contributed by atoms with Gasteiger partial charge in [-0.15, -0.1) is 4.36 Å². The first-order valence-corrected chi connectivity index (χ1v) is 10.1. The lowest BCUT2D eigenvalue weighted by Gasteiger charge is -2.17. The molecule has 2 unspecified atom stereocenters. The van der Waals surface area contributed by atoms with Crippen LogP contribution in [0.3, 0.4) is 0 Å². The van der Waals surface area contributed by atoms with Gasteiger partial charge >= 0.3 is 6.09 Å². The lowest BCUT2D eigenvalue weighted by atomic mass is 10.0. The quantitative estimate of drug-likeness (QED) is 0.791. The summed E-state index contributed by atoms with van der Waals surface area (Å²) in [5, 5.41) is 5.77. The highest BCUT2D eigenvalue weighted by atomic mass is 32.2. The van der Waals surface area contributed by atoms with Gasteiger partial charge < -0.3 is 4.74 Å². The maximum absolute atomic E-state index is 12.6. The highest BCUT2D eigenvalue weighted by Crippen LogP contribution is 2.35. The number of carbonyl (C=O) groups is 2. The van der Waals surface area contributed by atoms with Crippen molar-refractivity contribution in [2.45, 2.75) is 50.5 Å². The Morgan fingerprint density at radius 2 is 1.92 bits per heavy atom. The Balaban J connectivity index is 2.18. The summed E-state index contributed by atoms with van der Waals surface area (Å²) in [6.07, 6.45) is 2.99. The molecule has 7 nitrogen and oxygen atoms in total. The summed E-state index contributed by atoms with van der Waals surface area (Å²) >= 11 is 0. The number of carbonyl (C=O) groups excluding carboxylic acids is 2. The van der Waals surface area contributed by atoms with Crippen LogP contribution in [0.25, 0.3) is 0 Å². The molecule has 0 radical (unpaired) electrons. The summed E-state index contributed by atoms with van der Waals surface area (Å²) in [5.41, 5.74) is -0.673. The Labute approximate surface area is 154 Å². The monoisotopic (exact) mass is 379 g/mol. The Kier molecular flexibility index (Phi) is 6.30. The van der Waals surface area contributed by atoms with Gasteiger partial charge in [-0.25, -0.2) is 14.1 Å². The van der Waals surface area contributed by atoms with Crippen molar-refractivity contribution in [3.8, 4) is 0 Å². The van der Waals surface area contributed by atoms with Crippen molar-refractivity contribution in [1.29, 1.82) is 0 Å². The molecule has 26 heavy (non-hydrogen) atoms. The molecule has 2 rings (SSSR count). The van der Waals surface area contributed by atoms with Crippen molar-refractivity contribution in [1.82, 2.24) is 0 Å². The van der Waals surface area contributed by atoms with E-state index in [1.807, 2.05) is 0 Å². The van der Waals surface area contributed by atoms with E-state index in [4.69, 9.17) is 9.88 Å². The normalized spacial score (nSPS) is 18.2. The zero-order valence-electron chi connectivity index (χ0n) is 15.3. The summed E-state index contributed by atoms with van der Waals surface area (Å²) in [7, 11) is -3.34. The molecule has 1 fully saturated rings. The number of nitrogens with two attached hydrogens (primary N) is 1. The molecule has 1 saturated carbocycles. The van der Waals surface area contributed by atoms with Gasteiger partial charge in [-0.05, 0) is 45.2 Å². The Hall–Kier alpha value is -2.06. The third kappa shape index (κ3) is 6.68. The predicted octanol–water partition coefficient (Wildman–Crippen LogP) is 3.34. The van der Waals surface area contributed by atoms with Crippen LogP contribution >= 0.6 is 0 Å². The zero-order valence-corrected chi connectivity index (χ0v) is 16.1. The van der Waals surface area contributed by atoms with E-state index in [1.165, 1.54) is 6.21 Å². The summed E-state index contributed by atoms with van der Waals surface area (Å²) in [6.45, 7) is 5.18. The van der Waals surface area contributed by atoms with E-state index < -0.39 is 33.4 Å². The number of benzene rings is 1. The minimum Gasteiger partial charge on any atom is -0.442 e. The lowest BCUT2D eigenvalue weighted by Crippen LogP contribution is -2.23.